The van der Waals surface area contributed by atoms with Crippen LogP contribution in [0, 0.1) is 6.92 Å². The number of nitrogens with one attached hydrogen (secondary N) is 1. The van der Waals surface area contributed by atoms with Gasteiger partial charge in [0.25, 0.3) is 5.91 Å². The van der Waals surface area contributed by atoms with E-state index in [0.29, 0.717) is 5.56 Å². The zero-order chi connectivity index (χ0) is 27.3. The SMILES string of the molecule is COC(=O)c1cc(NC(=O)c2c(OC)cc(Cl)cc2Oc2ccc(OC(F)(F)F)cc2OC)c(C)cn1. The number of alkyl halides is 3. The van der Waals surface area contributed by atoms with Crippen molar-refractivity contribution in [3.05, 3.63) is 64.4 Å². The summed E-state index contributed by atoms with van der Waals surface area (Å²) in [6.07, 6.45) is -3.52. The van der Waals surface area contributed by atoms with Crippen LogP contribution < -0.4 is 24.3 Å². The van der Waals surface area contributed by atoms with Crippen molar-refractivity contribution in [1.29, 1.82) is 0 Å². The number of rotatable bonds is 8. The van der Waals surface area contributed by atoms with E-state index in [1.165, 1.54) is 51.8 Å². The van der Waals surface area contributed by atoms with E-state index in [-0.39, 0.29) is 45.0 Å². The fraction of sp³-hybridized carbons (Fsp3) is 0.208. The molecule has 0 unspecified atom stereocenters. The van der Waals surface area contributed by atoms with E-state index in [0.717, 1.165) is 12.1 Å². The molecule has 0 aliphatic heterocycles. The topological polar surface area (TPSA) is 105 Å². The second-order valence-corrected chi connectivity index (χ2v) is 7.71. The van der Waals surface area contributed by atoms with Gasteiger partial charge in [0.1, 0.15) is 28.5 Å². The van der Waals surface area contributed by atoms with Gasteiger partial charge in [-0.15, -0.1) is 13.2 Å². The van der Waals surface area contributed by atoms with Crippen molar-refractivity contribution in [2.24, 2.45) is 0 Å². The Balaban J connectivity index is 2.01. The molecule has 196 valence electrons. The molecule has 13 heteroatoms. The molecule has 3 rings (SSSR count). The van der Waals surface area contributed by atoms with Crippen LogP contribution in [0.4, 0.5) is 18.9 Å². The molecular formula is C24H20ClF3N2O7. The van der Waals surface area contributed by atoms with Gasteiger partial charge in [0.15, 0.2) is 11.5 Å². The number of amides is 1. The molecule has 0 saturated carbocycles. The number of hydrogen-bond acceptors (Lipinski definition) is 8. The average Bonchev–Trinajstić information content (AvgIpc) is 2.84. The Labute approximate surface area is 214 Å². The molecule has 0 aliphatic carbocycles. The third-order valence-corrected chi connectivity index (χ3v) is 5.03. The number of carbonyl (C=O) groups excluding carboxylic acids is 2. The fourth-order valence-electron chi connectivity index (χ4n) is 3.13. The Kier molecular flexibility index (Phi) is 8.33. The van der Waals surface area contributed by atoms with Crippen molar-refractivity contribution in [3.63, 3.8) is 0 Å². The first-order valence-corrected chi connectivity index (χ1v) is 10.7. The number of aryl methyl sites for hydroxylation is 1. The van der Waals surface area contributed by atoms with Gasteiger partial charge in [0.2, 0.25) is 0 Å². The number of hydrogen-bond donors (Lipinski definition) is 1. The average molecular weight is 541 g/mol. The first kappa shape index (κ1) is 27.4. The second kappa shape index (κ2) is 11.2. The zero-order valence-corrected chi connectivity index (χ0v) is 20.6. The van der Waals surface area contributed by atoms with Crippen LogP contribution in [-0.2, 0) is 4.74 Å². The summed E-state index contributed by atoms with van der Waals surface area (Å²) in [5.41, 5.74) is 0.669. The van der Waals surface area contributed by atoms with Crippen molar-refractivity contribution >= 4 is 29.2 Å². The smallest absolute Gasteiger partial charge is 0.496 e. The number of carbonyl (C=O) groups is 2. The highest BCUT2D eigenvalue weighted by molar-refractivity contribution is 6.31. The van der Waals surface area contributed by atoms with Crippen LogP contribution >= 0.6 is 11.6 Å². The molecule has 3 aromatic rings. The Morgan fingerprint density at radius 3 is 2.24 bits per heavy atom. The van der Waals surface area contributed by atoms with Gasteiger partial charge in [0, 0.05) is 29.0 Å². The lowest BCUT2D eigenvalue weighted by Crippen LogP contribution is -2.17. The third kappa shape index (κ3) is 6.73. The number of anilines is 1. The molecule has 0 bridgehead atoms. The molecule has 0 saturated heterocycles. The van der Waals surface area contributed by atoms with Crippen molar-refractivity contribution < 1.29 is 46.4 Å². The maximum Gasteiger partial charge on any atom is 0.573 e. The number of benzene rings is 2. The predicted molar refractivity (Wildman–Crippen MR) is 126 cm³/mol. The minimum atomic E-state index is -4.90. The molecule has 1 N–H and O–H groups in total. The van der Waals surface area contributed by atoms with E-state index in [2.05, 4.69) is 19.8 Å². The molecule has 0 spiro atoms. The maximum atomic E-state index is 13.4. The van der Waals surface area contributed by atoms with Gasteiger partial charge in [-0.2, -0.15) is 0 Å². The summed E-state index contributed by atoms with van der Waals surface area (Å²) in [6, 6.07) is 7.19. The molecule has 1 amide bonds. The Morgan fingerprint density at radius 2 is 1.62 bits per heavy atom. The number of pyridine rings is 1. The van der Waals surface area contributed by atoms with E-state index >= 15 is 0 Å². The number of nitrogens with zero attached hydrogens (tertiary/aromatic N) is 1. The van der Waals surface area contributed by atoms with Crippen LogP contribution in [0.1, 0.15) is 26.4 Å². The first-order valence-electron chi connectivity index (χ1n) is 10.3. The molecule has 0 radical (unpaired) electrons. The van der Waals surface area contributed by atoms with Crippen molar-refractivity contribution in [1.82, 2.24) is 4.98 Å². The Hall–Kier alpha value is -4.19. The highest BCUT2D eigenvalue weighted by atomic mass is 35.5. The van der Waals surface area contributed by atoms with Gasteiger partial charge in [-0.25, -0.2) is 9.78 Å². The zero-order valence-electron chi connectivity index (χ0n) is 19.9. The molecule has 0 fully saturated rings. The van der Waals surface area contributed by atoms with E-state index in [9.17, 15) is 22.8 Å². The van der Waals surface area contributed by atoms with Crippen LogP contribution in [0.3, 0.4) is 0 Å². The Morgan fingerprint density at radius 1 is 0.946 bits per heavy atom. The quantitative estimate of drug-likeness (QED) is 0.358. The molecule has 1 heterocycles. The van der Waals surface area contributed by atoms with Gasteiger partial charge in [-0.1, -0.05) is 11.6 Å². The third-order valence-electron chi connectivity index (χ3n) is 4.81. The van der Waals surface area contributed by atoms with Gasteiger partial charge < -0.3 is 29.0 Å². The second-order valence-electron chi connectivity index (χ2n) is 7.27. The fourth-order valence-corrected chi connectivity index (χ4v) is 3.33. The molecule has 2 aromatic carbocycles. The summed E-state index contributed by atoms with van der Waals surface area (Å²) in [5.74, 6) is -2.14. The molecule has 0 aliphatic rings. The summed E-state index contributed by atoms with van der Waals surface area (Å²) < 4.78 is 62.6. The van der Waals surface area contributed by atoms with Crippen molar-refractivity contribution in [2.75, 3.05) is 26.6 Å². The minimum Gasteiger partial charge on any atom is -0.496 e. The van der Waals surface area contributed by atoms with E-state index in [4.69, 9.17) is 25.8 Å². The molecule has 9 nitrogen and oxygen atoms in total. The lowest BCUT2D eigenvalue weighted by molar-refractivity contribution is -0.274. The predicted octanol–water partition coefficient (Wildman–Crippen LogP) is 5.79. The van der Waals surface area contributed by atoms with Crippen LogP contribution in [-0.4, -0.2) is 44.6 Å². The largest absolute Gasteiger partial charge is 0.573 e. The van der Waals surface area contributed by atoms with Crippen LogP contribution in [0.2, 0.25) is 5.02 Å². The number of methoxy groups -OCH3 is 3. The number of aromatic nitrogens is 1. The summed E-state index contributed by atoms with van der Waals surface area (Å²) in [7, 11) is 3.72. The summed E-state index contributed by atoms with van der Waals surface area (Å²) in [4.78, 5) is 29.2. The highest BCUT2D eigenvalue weighted by Gasteiger charge is 2.31. The molecule has 37 heavy (non-hydrogen) atoms. The van der Waals surface area contributed by atoms with E-state index < -0.39 is 24.0 Å². The summed E-state index contributed by atoms with van der Waals surface area (Å²) in [6.45, 7) is 1.66. The molecular weight excluding hydrogens is 521 g/mol. The highest BCUT2D eigenvalue weighted by Crippen LogP contribution is 2.41. The van der Waals surface area contributed by atoms with Crippen molar-refractivity contribution in [2.45, 2.75) is 13.3 Å². The molecule has 1 aromatic heterocycles. The van der Waals surface area contributed by atoms with Gasteiger partial charge in [-0.05, 0) is 36.8 Å². The Bertz CT molecular complexity index is 1330. The normalized spacial score (nSPS) is 10.9. The summed E-state index contributed by atoms with van der Waals surface area (Å²) in [5, 5.41) is 2.81. The molecule has 0 atom stereocenters. The van der Waals surface area contributed by atoms with E-state index in [1.807, 2.05) is 0 Å². The van der Waals surface area contributed by atoms with Crippen LogP contribution in [0.25, 0.3) is 0 Å². The van der Waals surface area contributed by atoms with Gasteiger partial charge in [0.05, 0.1) is 21.3 Å². The number of esters is 1. The standard InChI is InChI=1S/C24H20ClF3N2O7/c1-12-11-29-16(23(32)35-4)10-15(12)30-22(31)21-19(34-3)7-13(25)8-20(21)36-17-6-5-14(9-18(17)33-2)37-24(26,27)28/h5-11H,1-4H3,(H,29,30,31). The van der Waals surface area contributed by atoms with Gasteiger partial charge in [-0.3, -0.25) is 4.79 Å². The van der Waals surface area contributed by atoms with Crippen LogP contribution in [0.5, 0.6) is 28.7 Å². The maximum absolute atomic E-state index is 13.4. The van der Waals surface area contributed by atoms with Crippen molar-refractivity contribution in [3.8, 4) is 28.7 Å². The number of ether oxygens (including phenoxy) is 5. The number of halogens is 4. The van der Waals surface area contributed by atoms with Gasteiger partial charge >= 0.3 is 12.3 Å². The minimum absolute atomic E-state index is 0.0335. The first-order chi connectivity index (χ1) is 17.4. The lowest BCUT2D eigenvalue weighted by Gasteiger charge is -2.18. The lowest BCUT2D eigenvalue weighted by atomic mass is 10.1. The van der Waals surface area contributed by atoms with Crippen LogP contribution in [0.15, 0.2) is 42.6 Å². The van der Waals surface area contributed by atoms with E-state index in [1.54, 1.807) is 6.92 Å². The monoisotopic (exact) mass is 540 g/mol. The summed E-state index contributed by atoms with van der Waals surface area (Å²) >= 11 is 6.17.